The predicted octanol–water partition coefficient (Wildman–Crippen LogP) is 2.94. The highest BCUT2D eigenvalue weighted by Gasteiger charge is 2.30. The molecule has 0 saturated heterocycles. The number of carbonyl (C=O) groups is 2. The molecule has 7 nitrogen and oxygen atoms in total. The van der Waals surface area contributed by atoms with Crippen molar-refractivity contribution in [3.63, 3.8) is 0 Å². The lowest BCUT2D eigenvalue weighted by atomic mass is 10.0. The Hall–Kier alpha value is -3.13. The largest absolute Gasteiger partial charge is 0.482 e. The van der Waals surface area contributed by atoms with E-state index in [2.05, 4.69) is 15.8 Å². The molecule has 1 atom stereocenters. The van der Waals surface area contributed by atoms with Gasteiger partial charge in [0.1, 0.15) is 11.6 Å². The standard InChI is InChI=1S/C18H13ClFN3O4/c19-11-5-14-15(26-8-17(24)21-14)7-13(11)22-18(25)16-6-12(23-27-16)9-2-1-3-10(20)4-9/h1-5,7,16H,6,8H2,(H,21,24)(H,22,25)/t16-/m1/s1. The molecular formula is C18H13ClFN3O4. The van der Waals surface area contributed by atoms with Crippen molar-refractivity contribution in [1.29, 1.82) is 0 Å². The zero-order valence-corrected chi connectivity index (χ0v) is 14.5. The van der Waals surface area contributed by atoms with E-state index in [1.165, 1.54) is 24.3 Å². The van der Waals surface area contributed by atoms with Gasteiger partial charge >= 0.3 is 0 Å². The van der Waals surface area contributed by atoms with Crippen LogP contribution in [0, 0.1) is 5.82 Å². The first-order valence-corrected chi connectivity index (χ1v) is 8.43. The van der Waals surface area contributed by atoms with Crippen molar-refractivity contribution >= 4 is 40.5 Å². The van der Waals surface area contributed by atoms with Gasteiger partial charge in [-0.2, -0.15) is 0 Å². The van der Waals surface area contributed by atoms with Gasteiger partial charge in [-0.3, -0.25) is 9.59 Å². The molecule has 0 bridgehead atoms. The lowest BCUT2D eigenvalue weighted by molar-refractivity contribution is -0.125. The lowest BCUT2D eigenvalue weighted by Crippen LogP contribution is -2.29. The third-order valence-electron chi connectivity index (χ3n) is 4.08. The first kappa shape index (κ1) is 17.3. The number of hydrogen-bond donors (Lipinski definition) is 2. The molecule has 2 aromatic rings. The van der Waals surface area contributed by atoms with Crippen LogP contribution < -0.4 is 15.4 Å². The maximum Gasteiger partial charge on any atom is 0.268 e. The molecule has 0 spiro atoms. The summed E-state index contributed by atoms with van der Waals surface area (Å²) in [5.74, 6) is -0.724. The van der Waals surface area contributed by atoms with E-state index in [1.54, 1.807) is 12.1 Å². The van der Waals surface area contributed by atoms with E-state index in [4.69, 9.17) is 21.2 Å². The Kier molecular flexibility index (Phi) is 4.41. The molecule has 0 aliphatic carbocycles. The molecule has 27 heavy (non-hydrogen) atoms. The minimum absolute atomic E-state index is 0.113. The average molecular weight is 390 g/mol. The minimum Gasteiger partial charge on any atom is -0.482 e. The summed E-state index contributed by atoms with van der Waals surface area (Å²) < 4.78 is 18.7. The van der Waals surface area contributed by atoms with Crippen LogP contribution in [0.3, 0.4) is 0 Å². The van der Waals surface area contributed by atoms with Gasteiger partial charge in [0.25, 0.3) is 11.8 Å². The van der Waals surface area contributed by atoms with E-state index < -0.39 is 17.8 Å². The van der Waals surface area contributed by atoms with E-state index >= 15 is 0 Å². The number of nitrogens with one attached hydrogen (secondary N) is 2. The Morgan fingerprint density at radius 1 is 1.33 bits per heavy atom. The molecule has 2 N–H and O–H groups in total. The summed E-state index contributed by atoms with van der Waals surface area (Å²) in [6.45, 7) is -0.113. The van der Waals surface area contributed by atoms with Crippen LogP contribution in [-0.4, -0.2) is 30.2 Å². The van der Waals surface area contributed by atoms with Gasteiger partial charge in [-0.05, 0) is 18.2 Å². The molecule has 0 saturated carbocycles. The first-order chi connectivity index (χ1) is 13.0. The van der Waals surface area contributed by atoms with Crippen LogP contribution in [0.4, 0.5) is 15.8 Å². The maximum atomic E-state index is 13.3. The third kappa shape index (κ3) is 3.56. The van der Waals surface area contributed by atoms with Crippen molar-refractivity contribution in [2.75, 3.05) is 17.2 Å². The number of benzene rings is 2. The molecule has 2 aromatic carbocycles. The normalized spacial score (nSPS) is 17.9. The summed E-state index contributed by atoms with van der Waals surface area (Å²) in [4.78, 5) is 29.0. The van der Waals surface area contributed by atoms with E-state index in [0.717, 1.165) is 0 Å². The van der Waals surface area contributed by atoms with Crippen molar-refractivity contribution in [3.05, 3.63) is 52.8 Å². The number of nitrogens with zero attached hydrogens (tertiary/aromatic N) is 1. The highest BCUT2D eigenvalue weighted by molar-refractivity contribution is 6.34. The number of amides is 2. The van der Waals surface area contributed by atoms with Crippen LogP contribution in [0.2, 0.25) is 5.02 Å². The summed E-state index contributed by atoms with van der Waals surface area (Å²) in [5, 5.41) is 9.40. The van der Waals surface area contributed by atoms with Crippen molar-refractivity contribution < 1.29 is 23.6 Å². The molecule has 138 valence electrons. The number of fused-ring (bicyclic) bond motifs is 1. The molecule has 0 fully saturated rings. The molecule has 2 heterocycles. The van der Waals surface area contributed by atoms with Gasteiger partial charge in [0.2, 0.25) is 6.10 Å². The molecule has 2 aliphatic heterocycles. The van der Waals surface area contributed by atoms with Gasteiger partial charge in [-0.15, -0.1) is 0 Å². The number of ether oxygens (including phenoxy) is 1. The van der Waals surface area contributed by atoms with E-state index in [-0.39, 0.29) is 24.0 Å². The molecular weight excluding hydrogens is 377 g/mol. The number of carbonyl (C=O) groups excluding carboxylic acids is 2. The summed E-state index contributed by atoms with van der Waals surface area (Å²) >= 11 is 6.17. The van der Waals surface area contributed by atoms with E-state index in [0.29, 0.717) is 28.4 Å². The molecule has 0 unspecified atom stereocenters. The summed E-state index contributed by atoms with van der Waals surface area (Å²) in [6.07, 6.45) is -0.666. The first-order valence-electron chi connectivity index (χ1n) is 8.05. The Morgan fingerprint density at radius 3 is 3.00 bits per heavy atom. The maximum absolute atomic E-state index is 13.3. The van der Waals surface area contributed by atoms with Gasteiger partial charge < -0.3 is 20.2 Å². The zero-order chi connectivity index (χ0) is 19.0. The Balaban J connectivity index is 1.45. The third-order valence-corrected chi connectivity index (χ3v) is 4.39. The Labute approximate surface area is 158 Å². The number of oxime groups is 1. The highest BCUT2D eigenvalue weighted by Crippen LogP contribution is 2.36. The van der Waals surface area contributed by atoms with Gasteiger partial charge in [-0.25, -0.2) is 4.39 Å². The number of halogens is 2. The quantitative estimate of drug-likeness (QED) is 0.844. The summed E-state index contributed by atoms with van der Waals surface area (Å²) in [7, 11) is 0. The fraction of sp³-hybridized carbons (Fsp3) is 0.167. The van der Waals surface area contributed by atoms with Gasteiger partial charge in [-0.1, -0.05) is 28.9 Å². The average Bonchev–Trinajstić information content (AvgIpc) is 3.13. The zero-order valence-electron chi connectivity index (χ0n) is 13.8. The number of rotatable bonds is 3. The second kappa shape index (κ2) is 6.88. The van der Waals surface area contributed by atoms with Crippen LogP contribution in [0.1, 0.15) is 12.0 Å². The number of anilines is 2. The molecule has 4 rings (SSSR count). The van der Waals surface area contributed by atoms with Crippen molar-refractivity contribution in [3.8, 4) is 5.75 Å². The fourth-order valence-corrected chi connectivity index (χ4v) is 2.98. The lowest BCUT2D eigenvalue weighted by Gasteiger charge is -2.20. The minimum atomic E-state index is -0.865. The van der Waals surface area contributed by atoms with Crippen LogP contribution in [0.25, 0.3) is 0 Å². The molecule has 9 heteroatoms. The van der Waals surface area contributed by atoms with Gasteiger partial charge in [0.05, 0.1) is 22.1 Å². The van der Waals surface area contributed by atoms with Crippen molar-refractivity contribution in [1.82, 2.24) is 0 Å². The summed E-state index contributed by atoms with van der Waals surface area (Å²) in [6, 6.07) is 8.93. The second-order valence-electron chi connectivity index (χ2n) is 6.00. The second-order valence-corrected chi connectivity index (χ2v) is 6.41. The van der Waals surface area contributed by atoms with Gasteiger partial charge in [0.15, 0.2) is 6.61 Å². The van der Waals surface area contributed by atoms with Gasteiger partial charge in [0, 0.05) is 18.1 Å². The molecule has 0 aromatic heterocycles. The highest BCUT2D eigenvalue weighted by atomic mass is 35.5. The van der Waals surface area contributed by atoms with Crippen molar-refractivity contribution in [2.45, 2.75) is 12.5 Å². The Bertz CT molecular complexity index is 979. The van der Waals surface area contributed by atoms with E-state index in [9.17, 15) is 14.0 Å². The number of hydrogen-bond acceptors (Lipinski definition) is 5. The SMILES string of the molecule is O=C1COc2cc(NC(=O)[C@H]3CC(c4cccc(F)c4)=NO3)c(Cl)cc2N1. The smallest absolute Gasteiger partial charge is 0.268 e. The molecule has 0 radical (unpaired) electrons. The van der Waals surface area contributed by atoms with Crippen LogP contribution in [0.15, 0.2) is 41.6 Å². The fourth-order valence-electron chi connectivity index (χ4n) is 2.77. The predicted molar refractivity (Wildman–Crippen MR) is 96.6 cm³/mol. The monoisotopic (exact) mass is 389 g/mol. The van der Waals surface area contributed by atoms with Crippen LogP contribution >= 0.6 is 11.6 Å². The van der Waals surface area contributed by atoms with E-state index in [1.807, 2.05) is 0 Å². The molecule has 2 amide bonds. The van der Waals surface area contributed by atoms with Crippen molar-refractivity contribution in [2.24, 2.45) is 5.16 Å². The van der Waals surface area contributed by atoms with Crippen LogP contribution in [0.5, 0.6) is 5.75 Å². The Morgan fingerprint density at radius 2 is 2.19 bits per heavy atom. The topological polar surface area (TPSA) is 89.0 Å². The van der Waals surface area contributed by atoms with Crippen LogP contribution in [-0.2, 0) is 14.4 Å². The molecule has 2 aliphatic rings. The summed E-state index contributed by atoms with van der Waals surface area (Å²) in [5.41, 5.74) is 1.79.